The number of hydrogen-bond acceptors (Lipinski definition) is 5. The summed E-state index contributed by atoms with van der Waals surface area (Å²) < 4.78 is 11.4. The molecule has 42 heavy (non-hydrogen) atoms. The molecule has 0 unspecified atom stereocenters. The van der Waals surface area contributed by atoms with Crippen LogP contribution in [0.4, 0.5) is 5.69 Å². The molecule has 7 rings (SSSR count). The van der Waals surface area contributed by atoms with Gasteiger partial charge in [0, 0.05) is 17.0 Å². The Labute approximate surface area is 253 Å². The van der Waals surface area contributed by atoms with Gasteiger partial charge in [-0.15, -0.1) is 5.92 Å². The maximum absolute atomic E-state index is 11.9. The molecule has 2 aromatic carbocycles. The van der Waals surface area contributed by atoms with Gasteiger partial charge < -0.3 is 19.9 Å². The number of thiocarbonyl (C=S) groups is 1. The third-order valence-electron chi connectivity index (χ3n) is 10.4. The molecule has 4 aliphatic carbocycles. The van der Waals surface area contributed by atoms with Crippen LogP contribution in [0.15, 0.2) is 76.4 Å². The van der Waals surface area contributed by atoms with Crippen molar-refractivity contribution in [3.05, 3.63) is 76.9 Å². The summed E-state index contributed by atoms with van der Waals surface area (Å²) in [6.07, 6.45) is 8.81. The minimum atomic E-state index is -0.961. The van der Waals surface area contributed by atoms with Crippen LogP contribution in [0.1, 0.15) is 70.3 Å². The second-order valence-corrected chi connectivity index (χ2v) is 12.9. The lowest BCUT2D eigenvalue weighted by molar-refractivity contribution is -0.0513. The van der Waals surface area contributed by atoms with Gasteiger partial charge in [-0.2, -0.15) is 5.10 Å². The van der Waals surface area contributed by atoms with Crippen LogP contribution < -0.4 is 20.2 Å². The minimum Gasteiger partial charge on any atom is -0.454 e. The molecule has 0 aromatic heterocycles. The highest BCUT2D eigenvalue weighted by atomic mass is 32.1. The highest BCUT2D eigenvalue weighted by Crippen LogP contribution is 2.66. The second-order valence-electron chi connectivity index (χ2n) is 12.5. The van der Waals surface area contributed by atoms with Gasteiger partial charge >= 0.3 is 0 Å². The predicted octanol–water partition coefficient (Wildman–Crippen LogP) is 6.84. The molecule has 1 heterocycles. The van der Waals surface area contributed by atoms with Gasteiger partial charge in [0.2, 0.25) is 6.79 Å². The second kappa shape index (κ2) is 10.6. The molecule has 7 heteroatoms. The number of anilines is 1. The van der Waals surface area contributed by atoms with E-state index in [1.165, 1.54) is 16.7 Å². The number of rotatable bonds is 3. The van der Waals surface area contributed by atoms with Crippen LogP contribution in [-0.4, -0.2) is 28.3 Å². The van der Waals surface area contributed by atoms with Crippen molar-refractivity contribution in [1.82, 2.24) is 5.43 Å². The molecule has 6 nitrogen and oxygen atoms in total. The molecule has 5 atom stereocenters. The van der Waals surface area contributed by atoms with Crippen LogP contribution in [0.25, 0.3) is 0 Å². The fourth-order valence-electron chi connectivity index (χ4n) is 8.41. The van der Waals surface area contributed by atoms with E-state index in [1.807, 2.05) is 43.3 Å². The number of aliphatic hydroxyl groups is 1. The zero-order valence-electron chi connectivity index (χ0n) is 24.2. The average Bonchev–Trinajstić information content (AvgIpc) is 3.57. The fourth-order valence-corrected chi connectivity index (χ4v) is 8.57. The third kappa shape index (κ3) is 4.53. The molecule has 0 radical (unpaired) electrons. The van der Waals surface area contributed by atoms with Crippen LogP contribution in [0.5, 0.6) is 11.5 Å². The number of allylic oxidation sites excluding steroid dienone is 4. The lowest BCUT2D eigenvalue weighted by Gasteiger charge is -2.53. The predicted molar refractivity (Wildman–Crippen MR) is 169 cm³/mol. The van der Waals surface area contributed by atoms with Gasteiger partial charge in [0.15, 0.2) is 16.6 Å². The Bertz CT molecular complexity index is 1590. The largest absolute Gasteiger partial charge is 0.454 e. The monoisotopic (exact) mass is 579 g/mol. The molecule has 1 aliphatic heterocycles. The molecule has 0 amide bonds. The maximum Gasteiger partial charge on any atom is 0.231 e. The Balaban J connectivity index is 1.23. The van der Waals surface area contributed by atoms with Gasteiger partial charge in [0.25, 0.3) is 0 Å². The normalized spacial score (nSPS) is 31.7. The minimum absolute atomic E-state index is 0.187. The summed E-state index contributed by atoms with van der Waals surface area (Å²) in [7, 11) is 0. The highest BCUT2D eigenvalue weighted by Gasteiger charge is 2.62. The van der Waals surface area contributed by atoms with E-state index in [2.05, 4.69) is 52.8 Å². The van der Waals surface area contributed by atoms with Crippen molar-refractivity contribution < 1.29 is 14.6 Å². The highest BCUT2D eigenvalue weighted by molar-refractivity contribution is 7.80. The zero-order chi connectivity index (χ0) is 28.9. The van der Waals surface area contributed by atoms with Gasteiger partial charge in [0.05, 0.1) is 5.71 Å². The number of nitrogens with zero attached hydrogens (tertiary/aromatic N) is 1. The number of nitrogens with one attached hydrogen (secondary N) is 2. The Kier molecular flexibility index (Phi) is 6.87. The number of hydrogen-bond donors (Lipinski definition) is 3. The van der Waals surface area contributed by atoms with Crippen molar-refractivity contribution in [3.8, 4) is 23.3 Å². The molecule has 0 saturated heterocycles. The summed E-state index contributed by atoms with van der Waals surface area (Å²) in [6, 6.07) is 16.3. The third-order valence-corrected chi connectivity index (χ3v) is 10.6. The standard InChI is InChI=1S/C35H37N3O3S/c1-3-16-35(39)17-15-29-27-12-9-22-18-25(37-38-33(42)36-24-7-5-4-6-8-24)11-13-26(22)32(27)28(20-34(29,35)2)23-10-14-30-31(19-23)41-21-40-30/h4-8,10,14,18-19,27-29,39H,9,11-13,15,17,20-21H2,1-2H3,(H2,36,38,42)/t27-,28+,29-,34-,35-/m0/s1. The topological polar surface area (TPSA) is 75.1 Å². The molecule has 2 aromatic rings. The van der Waals surface area contributed by atoms with E-state index in [0.717, 1.165) is 67.8 Å². The molecule has 5 aliphatic rings. The molecule has 216 valence electrons. The first-order valence-corrected chi connectivity index (χ1v) is 15.5. The molecule has 2 fully saturated rings. The summed E-state index contributed by atoms with van der Waals surface area (Å²) in [5.41, 5.74) is 9.47. The van der Waals surface area contributed by atoms with Crippen molar-refractivity contribution in [2.24, 2.45) is 22.4 Å². The smallest absolute Gasteiger partial charge is 0.231 e. The van der Waals surface area contributed by atoms with Crippen molar-refractivity contribution in [2.75, 3.05) is 12.1 Å². The summed E-state index contributed by atoms with van der Waals surface area (Å²) in [5, 5.41) is 20.3. The van der Waals surface area contributed by atoms with Crippen LogP contribution in [-0.2, 0) is 0 Å². The Morgan fingerprint density at radius 3 is 2.74 bits per heavy atom. The van der Waals surface area contributed by atoms with E-state index in [4.69, 9.17) is 21.7 Å². The van der Waals surface area contributed by atoms with E-state index in [0.29, 0.717) is 16.9 Å². The first-order valence-electron chi connectivity index (χ1n) is 15.1. The van der Waals surface area contributed by atoms with Gasteiger partial charge in [-0.05, 0) is 123 Å². The van der Waals surface area contributed by atoms with Gasteiger partial charge in [0.1, 0.15) is 5.60 Å². The van der Waals surface area contributed by atoms with E-state index in [9.17, 15) is 5.11 Å². The first-order chi connectivity index (χ1) is 20.4. The quantitative estimate of drug-likeness (QED) is 0.210. The SMILES string of the molecule is CC#C[C@]1(O)CC[C@H]2[C@@H]3CCC4=CC(=NNC(=S)Nc5ccccc5)CCC4=C3[C@@H](c3ccc4c(c3)OCO4)C[C@@]21C. The van der Waals surface area contributed by atoms with Gasteiger partial charge in [-0.25, -0.2) is 0 Å². The fraction of sp³-hybridized carbons (Fsp3) is 0.429. The van der Waals surface area contributed by atoms with E-state index < -0.39 is 5.60 Å². The van der Waals surface area contributed by atoms with Crippen molar-refractivity contribution in [2.45, 2.75) is 70.3 Å². The molecule has 3 N–H and O–H groups in total. The van der Waals surface area contributed by atoms with Crippen molar-refractivity contribution >= 4 is 28.7 Å². The maximum atomic E-state index is 11.9. The lowest BCUT2D eigenvalue weighted by Crippen LogP contribution is -2.51. The van der Waals surface area contributed by atoms with Crippen molar-refractivity contribution in [1.29, 1.82) is 0 Å². The van der Waals surface area contributed by atoms with Crippen LogP contribution in [0.2, 0.25) is 0 Å². The number of ether oxygens (including phenoxy) is 2. The molecular formula is C35H37N3O3S. The summed E-state index contributed by atoms with van der Waals surface area (Å²) in [4.78, 5) is 0. The number of para-hydroxylation sites is 1. The average molecular weight is 580 g/mol. The molecular weight excluding hydrogens is 542 g/mol. The van der Waals surface area contributed by atoms with Crippen molar-refractivity contribution in [3.63, 3.8) is 0 Å². The molecule has 0 bridgehead atoms. The summed E-state index contributed by atoms with van der Waals surface area (Å²) in [5.74, 6) is 8.97. The number of hydrazone groups is 1. The van der Waals surface area contributed by atoms with E-state index >= 15 is 0 Å². The number of fused-ring (bicyclic) bond motifs is 5. The van der Waals surface area contributed by atoms with Crippen LogP contribution in [0.3, 0.4) is 0 Å². The lowest BCUT2D eigenvalue weighted by atomic mass is 9.51. The van der Waals surface area contributed by atoms with Gasteiger partial charge in [-0.3, -0.25) is 5.43 Å². The van der Waals surface area contributed by atoms with E-state index in [-0.39, 0.29) is 18.1 Å². The Morgan fingerprint density at radius 2 is 1.90 bits per heavy atom. The zero-order valence-corrected chi connectivity index (χ0v) is 25.0. The molecule has 0 spiro atoms. The van der Waals surface area contributed by atoms with Crippen LogP contribution in [0, 0.1) is 29.1 Å². The summed E-state index contributed by atoms with van der Waals surface area (Å²) in [6.45, 7) is 4.41. The molecule has 2 saturated carbocycles. The number of benzene rings is 2. The van der Waals surface area contributed by atoms with Crippen LogP contribution >= 0.6 is 12.2 Å². The van der Waals surface area contributed by atoms with Gasteiger partial charge in [-0.1, -0.05) is 42.7 Å². The Hall–Kier alpha value is -3.60. The Morgan fingerprint density at radius 1 is 1.07 bits per heavy atom. The summed E-state index contributed by atoms with van der Waals surface area (Å²) >= 11 is 5.48. The first kappa shape index (κ1) is 27.2. The van der Waals surface area contributed by atoms with E-state index in [1.54, 1.807) is 5.57 Å².